The van der Waals surface area contributed by atoms with E-state index >= 15 is 0 Å². The fourth-order valence-corrected chi connectivity index (χ4v) is 9.54. The Morgan fingerprint density at radius 2 is 0.517 bits per heavy atom. The molecule has 12 aromatic carbocycles. The van der Waals surface area contributed by atoms with Crippen LogP contribution < -0.4 is 0 Å². The Bertz CT molecular complexity index is 3650. The highest BCUT2D eigenvalue weighted by Gasteiger charge is 2.14. The van der Waals surface area contributed by atoms with Crippen LogP contribution in [0, 0.1) is 0 Å². The second kappa shape index (κ2) is 13.9. The third-order valence-electron chi connectivity index (χ3n) is 12.6. The molecular weight excluding hydrogens is 721 g/mol. The zero-order valence-electron chi connectivity index (χ0n) is 32.9. The smallest absolute Gasteiger partial charge is 0.00266 e. The van der Waals surface area contributed by atoms with E-state index in [0.717, 1.165) is 0 Å². The average Bonchev–Trinajstić information content (AvgIpc) is 3.32. The summed E-state index contributed by atoms with van der Waals surface area (Å²) in [7, 11) is 0. The molecule has 0 aliphatic rings. The zero-order valence-corrected chi connectivity index (χ0v) is 32.9. The molecule has 0 saturated heterocycles. The topological polar surface area (TPSA) is 0 Å². The molecule has 0 heteroatoms. The lowest BCUT2D eigenvalue weighted by Gasteiger charge is -2.15. The summed E-state index contributed by atoms with van der Waals surface area (Å²) in [5.74, 6) is 0. The van der Waals surface area contributed by atoms with E-state index in [2.05, 4.69) is 231 Å². The van der Waals surface area contributed by atoms with Crippen molar-refractivity contribution in [3.8, 4) is 55.6 Å². The highest BCUT2D eigenvalue weighted by atomic mass is 14.2. The van der Waals surface area contributed by atoms with Crippen LogP contribution >= 0.6 is 0 Å². The van der Waals surface area contributed by atoms with Gasteiger partial charge in [-0.1, -0.05) is 188 Å². The van der Waals surface area contributed by atoms with Gasteiger partial charge in [-0.3, -0.25) is 0 Å². The van der Waals surface area contributed by atoms with Crippen molar-refractivity contribution in [3.05, 3.63) is 231 Å². The standard InChI is InChI=1S/C60H38/c1-2-12-41(13-3-1)60-58-31-28-48(44-16-8-14-42(32-44)46-26-29-56-50(34-46)23-20-39-10-4-6-18-54(39)56)36-53(58)37-52-25-22-49(38-59(52)60)45-17-9-15-43(33-45)47-27-30-57-51(35-47)24-21-40-11-5-7-19-55(40)57/h1-38H. The molecule has 0 heterocycles. The quantitative estimate of drug-likeness (QED) is 0.121. The summed E-state index contributed by atoms with van der Waals surface area (Å²) in [6, 6.07) is 85.2. The predicted octanol–water partition coefficient (Wildman–Crippen LogP) is 16.9. The van der Waals surface area contributed by atoms with Crippen LogP contribution in [0.5, 0.6) is 0 Å². The predicted molar refractivity (Wildman–Crippen MR) is 259 cm³/mol. The summed E-state index contributed by atoms with van der Waals surface area (Å²) in [5, 5.41) is 15.2. The minimum Gasteiger partial charge on any atom is -0.0622 e. The normalized spacial score (nSPS) is 11.7. The van der Waals surface area contributed by atoms with Gasteiger partial charge in [0.15, 0.2) is 0 Å². The number of hydrogen-bond acceptors (Lipinski definition) is 0. The minimum atomic E-state index is 1.21. The molecule has 60 heavy (non-hydrogen) atoms. The van der Waals surface area contributed by atoms with Gasteiger partial charge in [-0.05, 0) is 163 Å². The van der Waals surface area contributed by atoms with Gasteiger partial charge in [0.05, 0.1) is 0 Å². The molecular formula is C60H38. The molecule has 0 bridgehead atoms. The number of benzene rings is 12. The van der Waals surface area contributed by atoms with Gasteiger partial charge in [0.25, 0.3) is 0 Å². The van der Waals surface area contributed by atoms with Gasteiger partial charge >= 0.3 is 0 Å². The minimum absolute atomic E-state index is 1.21. The molecule has 278 valence electrons. The maximum absolute atomic E-state index is 2.40. The molecule has 12 aromatic rings. The lowest BCUT2D eigenvalue weighted by atomic mass is 9.88. The lowest BCUT2D eigenvalue weighted by Crippen LogP contribution is -1.89. The first-order chi connectivity index (χ1) is 29.7. The monoisotopic (exact) mass is 758 g/mol. The van der Waals surface area contributed by atoms with Crippen molar-refractivity contribution in [2.45, 2.75) is 0 Å². The average molecular weight is 759 g/mol. The van der Waals surface area contributed by atoms with E-state index in [1.54, 1.807) is 0 Å². The molecule has 0 fully saturated rings. The number of fused-ring (bicyclic) bond motifs is 8. The summed E-state index contributed by atoms with van der Waals surface area (Å²) in [6.45, 7) is 0. The van der Waals surface area contributed by atoms with Gasteiger partial charge in [-0.25, -0.2) is 0 Å². The van der Waals surface area contributed by atoms with Crippen molar-refractivity contribution in [2.75, 3.05) is 0 Å². The van der Waals surface area contributed by atoms with Crippen molar-refractivity contribution in [1.82, 2.24) is 0 Å². The first-order valence-corrected chi connectivity index (χ1v) is 20.8. The van der Waals surface area contributed by atoms with E-state index in [0.29, 0.717) is 0 Å². The molecule has 0 spiro atoms. The Morgan fingerprint density at radius 1 is 0.150 bits per heavy atom. The first-order valence-electron chi connectivity index (χ1n) is 20.8. The summed E-state index contributed by atoms with van der Waals surface area (Å²) in [5.41, 5.74) is 12.2. The molecule has 0 saturated carbocycles. The zero-order chi connectivity index (χ0) is 39.6. The fourth-order valence-electron chi connectivity index (χ4n) is 9.54. The number of rotatable bonds is 5. The molecule has 0 N–H and O–H groups in total. The highest BCUT2D eigenvalue weighted by molar-refractivity contribution is 6.15. The van der Waals surface area contributed by atoms with Crippen molar-refractivity contribution in [3.63, 3.8) is 0 Å². The van der Waals surface area contributed by atoms with Crippen LogP contribution in [-0.2, 0) is 0 Å². The van der Waals surface area contributed by atoms with Gasteiger partial charge in [0.2, 0.25) is 0 Å². The molecule has 0 aliphatic heterocycles. The van der Waals surface area contributed by atoms with E-state index in [1.807, 2.05) is 0 Å². The largest absolute Gasteiger partial charge is 0.0622 e. The highest BCUT2D eigenvalue weighted by Crippen LogP contribution is 2.41. The van der Waals surface area contributed by atoms with Crippen molar-refractivity contribution < 1.29 is 0 Å². The summed E-state index contributed by atoms with van der Waals surface area (Å²) in [6.07, 6.45) is 0. The van der Waals surface area contributed by atoms with Crippen LogP contribution in [0.3, 0.4) is 0 Å². The first kappa shape index (κ1) is 34.3. The molecule has 0 aromatic heterocycles. The van der Waals surface area contributed by atoms with E-state index < -0.39 is 0 Å². The Morgan fingerprint density at radius 3 is 1.08 bits per heavy atom. The summed E-state index contributed by atoms with van der Waals surface area (Å²) >= 11 is 0. The number of hydrogen-bond donors (Lipinski definition) is 0. The van der Waals surface area contributed by atoms with E-state index in [9.17, 15) is 0 Å². The fraction of sp³-hybridized carbons (Fsp3) is 0. The van der Waals surface area contributed by atoms with Crippen LogP contribution in [0.1, 0.15) is 0 Å². The van der Waals surface area contributed by atoms with E-state index in [-0.39, 0.29) is 0 Å². The van der Waals surface area contributed by atoms with Crippen LogP contribution in [0.25, 0.3) is 120 Å². The SMILES string of the molecule is c1ccc(-c2c3ccc(-c4cccc(-c5ccc6c(ccc7ccccc76)c5)c4)cc3cc3ccc(-c4cccc(-c5ccc6c(ccc7ccccc76)c5)c4)cc23)cc1. The summed E-state index contributed by atoms with van der Waals surface area (Å²) < 4.78 is 0. The van der Waals surface area contributed by atoms with Crippen LogP contribution in [0.4, 0.5) is 0 Å². The Hall–Kier alpha value is -7.80. The van der Waals surface area contributed by atoms with Crippen molar-refractivity contribution in [2.24, 2.45) is 0 Å². The van der Waals surface area contributed by atoms with Crippen LogP contribution in [0.15, 0.2) is 231 Å². The maximum atomic E-state index is 2.40. The van der Waals surface area contributed by atoms with Gasteiger partial charge < -0.3 is 0 Å². The van der Waals surface area contributed by atoms with E-state index in [1.165, 1.54) is 120 Å². The molecule has 0 aliphatic carbocycles. The molecule has 0 atom stereocenters. The van der Waals surface area contributed by atoms with Gasteiger partial charge in [0.1, 0.15) is 0 Å². The maximum Gasteiger partial charge on any atom is -0.00266 e. The van der Waals surface area contributed by atoms with Gasteiger partial charge in [-0.15, -0.1) is 0 Å². The van der Waals surface area contributed by atoms with E-state index in [4.69, 9.17) is 0 Å². The molecule has 0 unspecified atom stereocenters. The Labute approximate surface area is 349 Å². The lowest BCUT2D eigenvalue weighted by molar-refractivity contribution is 1.61. The second-order valence-corrected chi connectivity index (χ2v) is 16.1. The third kappa shape index (κ3) is 5.84. The molecule has 0 amide bonds. The van der Waals surface area contributed by atoms with Crippen molar-refractivity contribution in [1.29, 1.82) is 0 Å². The Kier molecular flexibility index (Phi) is 7.96. The Balaban J connectivity index is 0.934. The van der Waals surface area contributed by atoms with Gasteiger partial charge in [-0.2, -0.15) is 0 Å². The van der Waals surface area contributed by atoms with Crippen molar-refractivity contribution >= 4 is 64.6 Å². The second-order valence-electron chi connectivity index (χ2n) is 16.1. The molecule has 0 nitrogen and oxygen atoms in total. The third-order valence-corrected chi connectivity index (χ3v) is 12.6. The molecule has 0 radical (unpaired) electrons. The van der Waals surface area contributed by atoms with Crippen LogP contribution in [-0.4, -0.2) is 0 Å². The van der Waals surface area contributed by atoms with Crippen LogP contribution in [0.2, 0.25) is 0 Å². The summed E-state index contributed by atoms with van der Waals surface area (Å²) in [4.78, 5) is 0. The molecule has 12 rings (SSSR count). The van der Waals surface area contributed by atoms with Gasteiger partial charge in [0, 0.05) is 0 Å².